The quantitative estimate of drug-likeness (QED) is 0.547. The van der Waals surface area contributed by atoms with Crippen LogP contribution >= 0.6 is 0 Å². The number of carbonyl (C=O) groups excluding carboxylic acids is 1. The fourth-order valence-corrected chi connectivity index (χ4v) is 8.72. The van der Waals surface area contributed by atoms with Gasteiger partial charge in [0, 0.05) is 13.0 Å². The van der Waals surface area contributed by atoms with Crippen LogP contribution in [0.25, 0.3) is 0 Å². The van der Waals surface area contributed by atoms with Crippen molar-refractivity contribution in [1.29, 1.82) is 0 Å². The summed E-state index contributed by atoms with van der Waals surface area (Å²) in [4.78, 5) is 12.1. The molecule has 0 aromatic heterocycles. The minimum Gasteiger partial charge on any atom is -0.356 e. The van der Waals surface area contributed by atoms with Crippen molar-refractivity contribution in [3.63, 3.8) is 0 Å². The van der Waals surface area contributed by atoms with Crippen molar-refractivity contribution in [1.82, 2.24) is 5.32 Å². The van der Waals surface area contributed by atoms with Crippen LogP contribution in [0.5, 0.6) is 0 Å². The monoisotopic (exact) mass is 387 g/mol. The molecule has 2 nitrogen and oxygen atoms in total. The molecule has 1 amide bonds. The molecule has 4 rings (SSSR count). The molecule has 0 aromatic carbocycles. The Bertz CT molecular complexity index is 545. The van der Waals surface area contributed by atoms with Crippen LogP contribution in [0.15, 0.2) is 0 Å². The molecule has 160 valence electrons. The number of carbonyl (C=O) groups is 1. The van der Waals surface area contributed by atoms with Crippen LogP contribution in [-0.2, 0) is 4.79 Å². The highest BCUT2D eigenvalue weighted by molar-refractivity contribution is 5.75. The summed E-state index contributed by atoms with van der Waals surface area (Å²) in [5.74, 6) is 7.05. The first-order chi connectivity index (χ1) is 13.5. The van der Waals surface area contributed by atoms with Crippen molar-refractivity contribution in [3.8, 4) is 0 Å². The molecule has 4 aliphatic rings. The smallest absolute Gasteiger partial charge is 0.220 e. The van der Waals surface area contributed by atoms with Gasteiger partial charge < -0.3 is 5.32 Å². The van der Waals surface area contributed by atoms with E-state index in [1.807, 2.05) is 0 Å². The van der Waals surface area contributed by atoms with Gasteiger partial charge in [-0.05, 0) is 105 Å². The molecule has 4 fully saturated rings. The SMILES string of the molecule is CCCNC(=O)CCC(C)C1CC[C@H]2C3CC[C@@H]4CCCC[C@@H]4[C@H]3CC[C@]12C. The van der Waals surface area contributed by atoms with Crippen molar-refractivity contribution in [2.75, 3.05) is 6.54 Å². The van der Waals surface area contributed by atoms with Crippen molar-refractivity contribution in [2.45, 2.75) is 104 Å². The molecule has 28 heavy (non-hydrogen) atoms. The summed E-state index contributed by atoms with van der Waals surface area (Å²) in [6.45, 7) is 8.07. The number of fused-ring (bicyclic) bond motifs is 5. The number of hydrogen-bond donors (Lipinski definition) is 1. The molecule has 0 bridgehead atoms. The fraction of sp³-hybridized carbons (Fsp3) is 0.962. The molecular weight excluding hydrogens is 342 g/mol. The number of hydrogen-bond acceptors (Lipinski definition) is 1. The second kappa shape index (κ2) is 8.68. The Balaban J connectivity index is 1.38. The summed E-state index contributed by atoms with van der Waals surface area (Å²) in [6, 6.07) is 0. The average Bonchev–Trinajstić information content (AvgIpc) is 3.07. The van der Waals surface area contributed by atoms with Crippen LogP contribution in [0, 0.1) is 46.8 Å². The van der Waals surface area contributed by atoms with Crippen LogP contribution in [0.3, 0.4) is 0 Å². The Morgan fingerprint density at radius 3 is 2.64 bits per heavy atom. The Hall–Kier alpha value is -0.530. The van der Waals surface area contributed by atoms with Crippen LogP contribution < -0.4 is 5.32 Å². The predicted octanol–water partition coefficient (Wildman–Crippen LogP) is 6.59. The molecule has 1 N–H and O–H groups in total. The maximum Gasteiger partial charge on any atom is 0.220 e. The molecule has 8 atom stereocenters. The predicted molar refractivity (Wildman–Crippen MR) is 117 cm³/mol. The average molecular weight is 388 g/mol. The Labute approximate surface area is 174 Å². The van der Waals surface area contributed by atoms with E-state index in [9.17, 15) is 4.79 Å². The first-order valence-corrected chi connectivity index (χ1v) is 12.8. The minimum absolute atomic E-state index is 0.271. The summed E-state index contributed by atoms with van der Waals surface area (Å²) < 4.78 is 0. The van der Waals surface area contributed by atoms with Gasteiger partial charge >= 0.3 is 0 Å². The van der Waals surface area contributed by atoms with Gasteiger partial charge in [-0.2, -0.15) is 0 Å². The molecule has 0 aromatic rings. The van der Waals surface area contributed by atoms with Gasteiger partial charge in [-0.1, -0.05) is 40.0 Å². The number of nitrogens with one attached hydrogen (secondary N) is 1. The lowest BCUT2D eigenvalue weighted by Crippen LogP contribution is -2.48. The largest absolute Gasteiger partial charge is 0.356 e. The van der Waals surface area contributed by atoms with Gasteiger partial charge in [-0.15, -0.1) is 0 Å². The highest BCUT2D eigenvalue weighted by Crippen LogP contribution is 2.65. The maximum absolute atomic E-state index is 12.1. The van der Waals surface area contributed by atoms with Gasteiger partial charge in [-0.25, -0.2) is 0 Å². The van der Waals surface area contributed by atoms with E-state index >= 15 is 0 Å². The Morgan fingerprint density at radius 1 is 1.00 bits per heavy atom. The summed E-state index contributed by atoms with van der Waals surface area (Å²) in [6.07, 6.45) is 17.9. The van der Waals surface area contributed by atoms with Crippen LogP contribution in [0.1, 0.15) is 104 Å². The van der Waals surface area contributed by atoms with Gasteiger partial charge in [-0.3, -0.25) is 4.79 Å². The molecule has 0 spiro atoms. The van der Waals surface area contributed by atoms with E-state index < -0.39 is 0 Å². The highest BCUT2D eigenvalue weighted by Gasteiger charge is 2.57. The number of rotatable bonds is 6. The lowest BCUT2D eigenvalue weighted by molar-refractivity contribution is -0.121. The maximum atomic E-state index is 12.1. The van der Waals surface area contributed by atoms with Crippen LogP contribution in [0.4, 0.5) is 0 Å². The van der Waals surface area contributed by atoms with Gasteiger partial charge in [0.1, 0.15) is 0 Å². The van der Waals surface area contributed by atoms with Gasteiger partial charge in [0.05, 0.1) is 0 Å². The summed E-state index contributed by atoms with van der Waals surface area (Å²) in [5.41, 5.74) is 0.558. The fourth-order valence-electron chi connectivity index (χ4n) is 8.72. The molecule has 2 heteroatoms. The van der Waals surface area contributed by atoms with Gasteiger partial charge in [0.15, 0.2) is 0 Å². The van der Waals surface area contributed by atoms with Crippen molar-refractivity contribution in [3.05, 3.63) is 0 Å². The zero-order valence-corrected chi connectivity index (χ0v) is 18.8. The minimum atomic E-state index is 0.271. The molecule has 0 aliphatic heterocycles. The Kier molecular flexibility index (Phi) is 6.43. The third kappa shape index (κ3) is 3.79. The molecule has 0 radical (unpaired) electrons. The first-order valence-electron chi connectivity index (χ1n) is 12.8. The van der Waals surface area contributed by atoms with E-state index in [0.717, 1.165) is 61.3 Å². The lowest BCUT2D eigenvalue weighted by atomic mass is 9.49. The molecule has 0 heterocycles. The Morgan fingerprint density at radius 2 is 1.82 bits per heavy atom. The second-order valence-corrected chi connectivity index (χ2v) is 11.3. The van der Waals surface area contributed by atoms with Gasteiger partial charge in [0.2, 0.25) is 5.91 Å². The van der Waals surface area contributed by atoms with Crippen molar-refractivity contribution in [2.24, 2.45) is 46.8 Å². The van der Waals surface area contributed by atoms with Crippen LogP contribution in [-0.4, -0.2) is 12.5 Å². The van der Waals surface area contributed by atoms with Crippen molar-refractivity contribution >= 4 is 5.91 Å². The molecule has 3 unspecified atom stereocenters. The molecule has 0 saturated heterocycles. The van der Waals surface area contributed by atoms with E-state index in [0.29, 0.717) is 11.3 Å². The molecule has 4 saturated carbocycles. The zero-order chi connectivity index (χ0) is 19.7. The topological polar surface area (TPSA) is 29.1 Å². The summed E-state index contributed by atoms with van der Waals surface area (Å²) in [7, 11) is 0. The van der Waals surface area contributed by atoms with E-state index in [1.165, 1.54) is 57.8 Å². The standard InChI is InChI=1S/C26H45NO/c1-4-17-27-25(28)14-9-18(2)23-12-13-24-22-11-10-19-7-5-6-8-20(19)21(22)15-16-26(23,24)3/h18-24H,4-17H2,1-3H3,(H,27,28)/t18?,19-,20-,21+,22?,23?,24-,26+/m0/s1. The summed E-state index contributed by atoms with van der Waals surface area (Å²) >= 11 is 0. The molecule has 4 aliphatic carbocycles. The number of amides is 1. The second-order valence-electron chi connectivity index (χ2n) is 11.3. The van der Waals surface area contributed by atoms with E-state index in [2.05, 4.69) is 26.1 Å². The van der Waals surface area contributed by atoms with Gasteiger partial charge in [0.25, 0.3) is 0 Å². The third-order valence-electron chi connectivity index (χ3n) is 10.0. The summed E-state index contributed by atoms with van der Waals surface area (Å²) in [5, 5.41) is 3.07. The zero-order valence-electron chi connectivity index (χ0n) is 18.8. The molecular formula is C26H45NO. The normalized spacial score (nSPS) is 43.5. The highest BCUT2D eigenvalue weighted by atomic mass is 16.1. The van der Waals surface area contributed by atoms with E-state index in [-0.39, 0.29) is 5.91 Å². The van der Waals surface area contributed by atoms with Crippen LogP contribution in [0.2, 0.25) is 0 Å². The van der Waals surface area contributed by atoms with E-state index in [4.69, 9.17) is 0 Å². The van der Waals surface area contributed by atoms with Crippen molar-refractivity contribution < 1.29 is 4.79 Å². The van der Waals surface area contributed by atoms with E-state index in [1.54, 1.807) is 6.42 Å². The first kappa shape index (κ1) is 20.7. The lowest BCUT2D eigenvalue weighted by Gasteiger charge is -2.56. The third-order valence-corrected chi connectivity index (χ3v) is 10.0.